The largest absolute Gasteiger partial charge is 0.339 e. The summed E-state index contributed by atoms with van der Waals surface area (Å²) < 4.78 is 5.35. The lowest BCUT2D eigenvalue weighted by Gasteiger charge is -2.12. The van der Waals surface area contributed by atoms with Gasteiger partial charge >= 0.3 is 0 Å². The van der Waals surface area contributed by atoms with E-state index in [9.17, 15) is 0 Å². The first-order valence-corrected chi connectivity index (χ1v) is 6.89. The minimum absolute atomic E-state index is 0.455. The number of likely N-dealkylation sites (N-methyl/N-ethyl adjacent to an activating group) is 1. The maximum atomic E-state index is 5.35. The smallest absolute Gasteiger partial charge is 0.228 e. The molecule has 1 aromatic heterocycles. The van der Waals surface area contributed by atoms with Gasteiger partial charge in [0, 0.05) is 18.4 Å². The summed E-state index contributed by atoms with van der Waals surface area (Å²) in [6, 6.07) is 0.455. The Morgan fingerprint density at radius 1 is 1.35 bits per heavy atom. The van der Waals surface area contributed by atoms with Crippen LogP contribution in [0.5, 0.6) is 0 Å². The van der Waals surface area contributed by atoms with Crippen LogP contribution in [-0.4, -0.2) is 22.7 Å². The van der Waals surface area contributed by atoms with Crippen LogP contribution in [-0.2, 0) is 6.42 Å². The van der Waals surface area contributed by atoms with Crippen molar-refractivity contribution in [3.63, 3.8) is 0 Å². The molecule has 4 heteroatoms. The summed E-state index contributed by atoms with van der Waals surface area (Å²) in [6.45, 7) is 5.30. The molecule has 1 aliphatic carbocycles. The number of nitrogens with one attached hydrogen (secondary N) is 1. The zero-order chi connectivity index (χ0) is 12.1. The maximum absolute atomic E-state index is 5.35. The summed E-state index contributed by atoms with van der Waals surface area (Å²) in [5, 5.41) is 7.56. The lowest BCUT2D eigenvalue weighted by Crippen LogP contribution is -2.30. The average Bonchev–Trinajstić information content (AvgIpc) is 2.98. The van der Waals surface area contributed by atoms with Gasteiger partial charge in [-0.2, -0.15) is 4.98 Å². The van der Waals surface area contributed by atoms with Crippen LogP contribution in [0.4, 0.5) is 0 Å². The van der Waals surface area contributed by atoms with Gasteiger partial charge in [0.25, 0.3) is 0 Å². The molecule has 0 amide bonds. The second-order valence-corrected chi connectivity index (χ2v) is 4.89. The molecule has 1 aliphatic rings. The van der Waals surface area contributed by atoms with Crippen molar-refractivity contribution in [2.45, 2.75) is 64.3 Å². The fourth-order valence-corrected chi connectivity index (χ4v) is 2.56. The topological polar surface area (TPSA) is 51.0 Å². The van der Waals surface area contributed by atoms with Crippen LogP contribution in [0, 0.1) is 0 Å². The highest BCUT2D eigenvalue weighted by atomic mass is 16.5. The van der Waals surface area contributed by atoms with E-state index in [1.807, 2.05) is 0 Å². The number of aromatic nitrogens is 2. The highest BCUT2D eigenvalue weighted by Crippen LogP contribution is 2.32. The standard InChI is InChI=1S/C13H23N3O/c1-3-11(14-4-2)9-12-15-13(16-17-12)10-7-5-6-8-10/h10-11,14H,3-9H2,1-2H3. The molecule has 96 valence electrons. The van der Waals surface area contributed by atoms with Crippen molar-refractivity contribution in [3.05, 3.63) is 11.7 Å². The zero-order valence-electron chi connectivity index (χ0n) is 10.9. The first kappa shape index (κ1) is 12.6. The molecule has 0 bridgehead atoms. The normalized spacial score (nSPS) is 18.7. The Hall–Kier alpha value is -0.900. The summed E-state index contributed by atoms with van der Waals surface area (Å²) >= 11 is 0. The molecular weight excluding hydrogens is 214 g/mol. The van der Waals surface area contributed by atoms with Crippen molar-refractivity contribution in [1.82, 2.24) is 15.5 Å². The highest BCUT2D eigenvalue weighted by molar-refractivity contribution is 4.98. The van der Waals surface area contributed by atoms with E-state index in [1.54, 1.807) is 0 Å². The molecule has 1 aromatic rings. The minimum Gasteiger partial charge on any atom is -0.339 e. The van der Waals surface area contributed by atoms with E-state index in [0.29, 0.717) is 12.0 Å². The number of hydrogen-bond donors (Lipinski definition) is 1. The van der Waals surface area contributed by atoms with Crippen molar-refractivity contribution in [1.29, 1.82) is 0 Å². The predicted octanol–water partition coefficient (Wildman–Crippen LogP) is 2.66. The third-order valence-electron chi connectivity index (χ3n) is 3.61. The number of hydrogen-bond acceptors (Lipinski definition) is 4. The van der Waals surface area contributed by atoms with Gasteiger partial charge in [-0.15, -0.1) is 0 Å². The minimum atomic E-state index is 0.455. The van der Waals surface area contributed by atoms with Crippen molar-refractivity contribution in [3.8, 4) is 0 Å². The van der Waals surface area contributed by atoms with E-state index >= 15 is 0 Å². The lowest BCUT2D eigenvalue weighted by molar-refractivity contribution is 0.349. The van der Waals surface area contributed by atoms with E-state index in [1.165, 1.54) is 25.7 Å². The van der Waals surface area contributed by atoms with Crippen molar-refractivity contribution < 1.29 is 4.52 Å². The molecule has 0 spiro atoms. The van der Waals surface area contributed by atoms with E-state index in [-0.39, 0.29) is 0 Å². The van der Waals surface area contributed by atoms with E-state index < -0.39 is 0 Å². The summed E-state index contributed by atoms with van der Waals surface area (Å²) in [6.07, 6.45) is 7.01. The van der Waals surface area contributed by atoms with Gasteiger partial charge in [0.1, 0.15) is 0 Å². The van der Waals surface area contributed by atoms with Gasteiger partial charge in [0.2, 0.25) is 5.89 Å². The van der Waals surface area contributed by atoms with Gasteiger partial charge in [-0.1, -0.05) is 31.8 Å². The zero-order valence-corrected chi connectivity index (χ0v) is 10.9. The van der Waals surface area contributed by atoms with Gasteiger partial charge in [-0.25, -0.2) is 0 Å². The monoisotopic (exact) mass is 237 g/mol. The van der Waals surface area contributed by atoms with Crippen LogP contribution in [0.25, 0.3) is 0 Å². The second-order valence-electron chi connectivity index (χ2n) is 4.89. The molecule has 0 aromatic carbocycles. The van der Waals surface area contributed by atoms with Gasteiger partial charge in [0.05, 0.1) is 0 Å². The Morgan fingerprint density at radius 3 is 2.76 bits per heavy atom. The molecule has 1 atom stereocenters. The van der Waals surface area contributed by atoms with Crippen LogP contribution in [0.2, 0.25) is 0 Å². The van der Waals surface area contributed by atoms with E-state index in [0.717, 1.165) is 31.1 Å². The Kier molecular flexibility index (Phi) is 4.54. The molecule has 0 aliphatic heterocycles. The molecule has 17 heavy (non-hydrogen) atoms. The molecule has 4 nitrogen and oxygen atoms in total. The summed E-state index contributed by atoms with van der Waals surface area (Å²) in [7, 11) is 0. The summed E-state index contributed by atoms with van der Waals surface area (Å²) in [5.74, 6) is 2.27. The third kappa shape index (κ3) is 3.28. The van der Waals surface area contributed by atoms with E-state index in [4.69, 9.17) is 4.52 Å². The molecule has 2 rings (SSSR count). The van der Waals surface area contributed by atoms with Crippen LogP contribution >= 0.6 is 0 Å². The molecule has 1 unspecified atom stereocenters. The number of nitrogens with zero attached hydrogens (tertiary/aromatic N) is 2. The third-order valence-corrected chi connectivity index (χ3v) is 3.61. The molecule has 1 fully saturated rings. The van der Waals surface area contributed by atoms with Gasteiger partial charge in [-0.05, 0) is 25.8 Å². The quantitative estimate of drug-likeness (QED) is 0.826. The SMILES string of the molecule is CCNC(CC)Cc1nc(C2CCCC2)no1. The number of rotatable bonds is 6. The molecule has 1 saturated carbocycles. The van der Waals surface area contributed by atoms with Crippen LogP contribution in [0.3, 0.4) is 0 Å². The fraction of sp³-hybridized carbons (Fsp3) is 0.846. The first-order chi connectivity index (χ1) is 8.33. The first-order valence-electron chi connectivity index (χ1n) is 6.89. The molecule has 1 N–H and O–H groups in total. The van der Waals surface area contributed by atoms with Gasteiger partial charge in [-0.3, -0.25) is 0 Å². The highest BCUT2D eigenvalue weighted by Gasteiger charge is 2.22. The van der Waals surface area contributed by atoms with Crippen LogP contribution in [0.15, 0.2) is 4.52 Å². The Bertz CT molecular complexity index is 331. The second kappa shape index (κ2) is 6.15. The van der Waals surface area contributed by atoms with Crippen molar-refractivity contribution >= 4 is 0 Å². The molecule has 1 heterocycles. The molecule has 0 radical (unpaired) electrons. The molecular formula is C13H23N3O. The fourth-order valence-electron chi connectivity index (χ4n) is 2.56. The van der Waals surface area contributed by atoms with Crippen LogP contribution < -0.4 is 5.32 Å². The Morgan fingerprint density at radius 2 is 2.12 bits per heavy atom. The maximum Gasteiger partial charge on any atom is 0.228 e. The van der Waals surface area contributed by atoms with Crippen molar-refractivity contribution in [2.75, 3.05) is 6.54 Å². The van der Waals surface area contributed by atoms with E-state index in [2.05, 4.69) is 29.3 Å². The predicted molar refractivity (Wildman–Crippen MR) is 67.0 cm³/mol. The summed E-state index contributed by atoms with van der Waals surface area (Å²) in [4.78, 5) is 4.54. The van der Waals surface area contributed by atoms with Crippen LogP contribution in [0.1, 0.15) is 63.6 Å². The van der Waals surface area contributed by atoms with Gasteiger partial charge in [0.15, 0.2) is 5.82 Å². The average molecular weight is 237 g/mol. The lowest BCUT2D eigenvalue weighted by atomic mass is 10.1. The summed E-state index contributed by atoms with van der Waals surface area (Å²) in [5.41, 5.74) is 0. The van der Waals surface area contributed by atoms with Gasteiger partial charge < -0.3 is 9.84 Å². The Balaban J connectivity index is 1.92. The van der Waals surface area contributed by atoms with Crippen molar-refractivity contribution in [2.24, 2.45) is 0 Å². The Labute approximate surface area is 103 Å². The molecule has 0 saturated heterocycles.